The molecule has 2 amide bonds. The molecule has 6 nitrogen and oxygen atoms in total. The molecule has 2 N–H and O–H groups in total. The molecule has 0 bridgehead atoms. The van der Waals surface area contributed by atoms with Gasteiger partial charge >= 0.3 is 12.0 Å². The van der Waals surface area contributed by atoms with Crippen LogP contribution in [0.5, 0.6) is 0 Å². The second-order valence-corrected chi connectivity index (χ2v) is 5.10. The third-order valence-corrected chi connectivity index (χ3v) is 3.72. The molecule has 0 aromatic rings. The SMILES string of the molecule is CCOCCNC(=O)N1CCSCC1CC(=O)O. The summed E-state index contributed by atoms with van der Waals surface area (Å²) in [4.78, 5) is 24.3. The predicted octanol–water partition coefficient (Wildman–Crippen LogP) is 0.625. The van der Waals surface area contributed by atoms with Crippen LogP contribution in [0.1, 0.15) is 13.3 Å². The maximum Gasteiger partial charge on any atom is 0.317 e. The lowest BCUT2D eigenvalue weighted by molar-refractivity contribution is -0.138. The lowest BCUT2D eigenvalue weighted by Gasteiger charge is -2.34. The number of rotatable bonds is 6. The van der Waals surface area contributed by atoms with Crippen LogP contribution in [0.3, 0.4) is 0 Å². The summed E-state index contributed by atoms with van der Waals surface area (Å²) in [5, 5.41) is 11.6. The van der Waals surface area contributed by atoms with Crippen LogP contribution in [0.15, 0.2) is 0 Å². The van der Waals surface area contributed by atoms with Crippen LogP contribution in [0.4, 0.5) is 4.79 Å². The number of carbonyl (C=O) groups excluding carboxylic acids is 1. The molecular formula is C11H20N2O4S. The van der Waals surface area contributed by atoms with E-state index in [1.165, 1.54) is 0 Å². The summed E-state index contributed by atoms with van der Waals surface area (Å²) in [6, 6.07) is -0.408. The predicted molar refractivity (Wildman–Crippen MR) is 70.0 cm³/mol. The van der Waals surface area contributed by atoms with Gasteiger partial charge in [-0.15, -0.1) is 0 Å². The van der Waals surface area contributed by atoms with Gasteiger partial charge < -0.3 is 20.1 Å². The van der Waals surface area contributed by atoms with Crippen LogP contribution in [-0.4, -0.2) is 65.9 Å². The molecule has 1 fully saturated rings. The molecule has 18 heavy (non-hydrogen) atoms. The Bertz CT molecular complexity index is 288. The Morgan fingerprint density at radius 2 is 2.33 bits per heavy atom. The Hall–Kier alpha value is -0.950. The van der Waals surface area contributed by atoms with Crippen molar-refractivity contribution < 1.29 is 19.4 Å². The summed E-state index contributed by atoms with van der Waals surface area (Å²) in [6.45, 7) is 4.05. The molecule has 1 saturated heterocycles. The van der Waals surface area contributed by atoms with Gasteiger partial charge in [0.25, 0.3) is 0 Å². The molecule has 0 aromatic heterocycles. The number of hydrogen-bond donors (Lipinski definition) is 2. The topological polar surface area (TPSA) is 78.9 Å². The average molecular weight is 276 g/mol. The van der Waals surface area contributed by atoms with E-state index < -0.39 is 5.97 Å². The minimum Gasteiger partial charge on any atom is -0.481 e. The van der Waals surface area contributed by atoms with Gasteiger partial charge in [0.15, 0.2) is 0 Å². The quantitative estimate of drug-likeness (QED) is 0.695. The first-order valence-electron chi connectivity index (χ1n) is 6.07. The van der Waals surface area contributed by atoms with Crippen LogP contribution in [0.2, 0.25) is 0 Å². The van der Waals surface area contributed by atoms with Crippen molar-refractivity contribution in [3.05, 3.63) is 0 Å². The van der Waals surface area contributed by atoms with Gasteiger partial charge in [-0.1, -0.05) is 0 Å². The molecule has 1 rings (SSSR count). The van der Waals surface area contributed by atoms with Gasteiger partial charge in [-0.25, -0.2) is 4.79 Å². The van der Waals surface area contributed by atoms with Crippen LogP contribution >= 0.6 is 11.8 Å². The Morgan fingerprint density at radius 3 is 3.00 bits per heavy atom. The molecule has 0 radical (unpaired) electrons. The van der Waals surface area contributed by atoms with E-state index in [0.717, 1.165) is 5.75 Å². The summed E-state index contributed by atoms with van der Waals surface area (Å²) in [5.41, 5.74) is 0. The highest BCUT2D eigenvalue weighted by Crippen LogP contribution is 2.18. The van der Waals surface area contributed by atoms with Crippen molar-refractivity contribution in [2.24, 2.45) is 0 Å². The van der Waals surface area contributed by atoms with Gasteiger partial charge in [-0.05, 0) is 6.92 Å². The fourth-order valence-electron chi connectivity index (χ4n) is 1.77. The monoisotopic (exact) mass is 276 g/mol. The molecule has 7 heteroatoms. The van der Waals surface area contributed by atoms with Gasteiger partial charge in [-0.3, -0.25) is 4.79 Å². The van der Waals surface area contributed by atoms with E-state index in [-0.39, 0.29) is 18.5 Å². The van der Waals surface area contributed by atoms with Gasteiger partial charge in [0, 0.05) is 31.2 Å². The third kappa shape index (κ3) is 5.14. The first kappa shape index (κ1) is 15.1. The van der Waals surface area contributed by atoms with E-state index in [4.69, 9.17) is 9.84 Å². The molecule has 0 spiro atoms. The maximum atomic E-state index is 11.9. The fourth-order valence-corrected chi connectivity index (χ4v) is 2.83. The molecule has 0 aromatic carbocycles. The lowest BCUT2D eigenvalue weighted by atomic mass is 10.2. The Balaban J connectivity index is 2.39. The number of carbonyl (C=O) groups is 2. The Kier molecular flexibility index (Phi) is 6.89. The van der Waals surface area contributed by atoms with Crippen molar-refractivity contribution in [2.75, 3.05) is 37.8 Å². The van der Waals surface area contributed by atoms with Crippen molar-refractivity contribution in [1.29, 1.82) is 0 Å². The number of thioether (sulfide) groups is 1. The molecule has 1 unspecified atom stereocenters. The number of carboxylic acids is 1. The summed E-state index contributed by atoms with van der Waals surface area (Å²) in [7, 11) is 0. The summed E-state index contributed by atoms with van der Waals surface area (Å²) in [6.07, 6.45) is 0.00583. The van der Waals surface area contributed by atoms with Crippen LogP contribution < -0.4 is 5.32 Å². The number of carboxylic acid groups (broad SMARTS) is 1. The minimum absolute atomic E-state index is 0.00583. The van der Waals surface area contributed by atoms with Crippen molar-refractivity contribution in [2.45, 2.75) is 19.4 Å². The smallest absolute Gasteiger partial charge is 0.317 e. The van der Waals surface area contributed by atoms with E-state index in [9.17, 15) is 9.59 Å². The fraction of sp³-hybridized carbons (Fsp3) is 0.818. The molecule has 1 aliphatic heterocycles. The number of nitrogens with zero attached hydrogens (tertiary/aromatic N) is 1. The normalized spacial score (nSPS) is 19.6. The van der Waals surface area contributed by atoms with Crippen LogP contribution in [-0.2, 0) is 9.53 Å². The van der Waals surface area contributed by atoms with Crippen molar-refractivity contribution in [3.63, 3.8) is 0 Å². The average Bonchev–Trinajstić information content (AvgIpc) is 2.34. The second-order valence-electron chi connectivity index (χ2n) is 3.95. The van der Waals surface area contributed by atoms with E-state index in [1.54, 1.807) is 16.7 Å². The molecule has 104 valence electrons. The van der Waals surface area contributed by atoms with Gasteiger partial charge in [0.1, 0.15) is 0 Å². The van der Waals surface area contributed by atoms with Crippen LogP contribution in [0.25, 0.3) is 0 Å². The van der Waals surface area contributed by atoms with Crippen molar-refractivity contribution in [1.82, 2.24) is 10.2 Å². The van der Waals surface area contributed by atoms with E-state index >= 15 is 0 Å². The van der Waals surface area contributed by atoms with E-state index in [0.29, 0.717) is 32.1 Å². The second kappa shape index (κ2) is 8.20. The highest BCUT2D eigenvalue weighted by Gasteiger charge is 2.28. The Morgan fingerprint density at radius 1 is 1.56 bits per heavy atom. The highest BCUT2D eigenvalue weighted by atomic mass is 32.2. The molecule has 1 heterocycles. The number of aliphatic carboxylic acids is 1. The summed E-state index contributed by atoms with van der Waals surface area (Å²) >= 11 is 1.69. The molecule has 1 aliphatic rings. The Labute approximate surface area is 111 Å². The van der Waals surface area contributed by atoms with E-state index in [1.807, 2.05) is 6.92 Å². The van der Waals surface area contributed by atoms with Gasteiger partial charge in [-0.2, -0.15) is 11.8 Å². The molecular weight excluding hydrogens is 256 g/mol. The summed E-state index contributed by atoms with van der Waals surface area (Å²) < 4.78 is 5.13. The number of ether oxygens (including phenoxy) is 1. The van der Waals surface area contributed by atoms with Crippen LogP contribution in [0, 0.1) is 0 Å². The zero-order valence-electron chi connectivity index (χ0n) is 10.6. The van der Waals surface area contributed by atoms with Crippen molar-refractivity contribution >= 4 is 23.8 Å². The standard InChI is InChI=1S/C11H20N2O4S/c1-2-17-5-3-12-11(16)13-4-6-18-8-9(13)7-10(14)15/h9H,2-8H2,1H3,(H,12,16)(H,14,15). The number of urea groups is 1. The molecule has 1 atom stereocenters. The zero-order valence-corrected chi connectivity index (χ0v) is 11.4. The minimum atomic E-state index is -0.866. The first-order chi connectivity index (χ1) is 8.65. The molecule has 0 aliphatic carbocycles. The van der Waals surface area contributed by atoms with Gasteiger partial charge in [0.2, 0.25) is 0 Å². The lowest BCUT2D eigenvalue weighted by Crippen LogP contribution is -2.51. The highest BCUT2D eigenvalue weighted by molar-refractivity contribution is 7.99. The number of amides is 2. The third-order valence-electron chi connectivity index (χ3n) is 2.63. The number of nitrogens with one attached hydrogen (secondary N) is 1. The maximum absolute atomic E-state index is 11.9. The van der Waals surface area contributed by atoms with Crippen molar-refractivity contribution in [3.8, 4) is 0 Å². The first-order valence-corrected chi connectivity index (χ1v) is 7.22. The summed E-state index contributed by atoms with van der Waals surface area (Å²) in [5.74, 6) is 0.676. The van der Waals surface area contributed by atoms with Gasteiger partial charge in [0.05, 0.1) is 19.1 Å². The largest absolute Gasteiger partial charge is 0.481 e. The van der Waals surface area contributed by atoms with E-state index in [2.05, 4.69) is 5.32 Å². The number of hydrogen-bond acceptors (Lipinski definition) is 4. The zero-order chi connectivity index (χ0) is 13.4. The molecule has 0 saturated carbocycles.